The fourth-order valence-corrected chi connectivity index (χ4v) is 3.33. The molecule has 0 saturated heterocycles. The molecule has 0 fully saturated rings. The van der Waals surface area contributed by atoms with Crippen LogP contribution in [-0.4, -0.2) is 23.9 Å². The normalized spacial score (nSPS) is 12.6. The minimum atomic E-state index is 0.247. The van der Waals surface area contributed by atoms with E-state index in [1.165, 1.54) is 0 Å². The van der Waals surface area contributed by atoms with E-state index in [1.54, 1.807) is 29.8 Å². The molecule has 0 aliphatic heterocycles. The lowest BCUT2D eigenvalue weighted by Gasteiger charge is -2.06. The second-order valence-corrected chi connectivity index (χ2v) is 5.47. The summed E-state index contributed by atoms with van der Waals surface area (Å²) in [7, 11) is 1.68. The van der Waals surface area contributed by atoms with Crippen molar-refractivity contribution in [3.8, 4) is 15.6 Å². The molecular formula is C11H15N3OS2. The highest BCUT2D eigenvalue weighted by atomic mass is 32.1. The van der Waals surface area contributed by atoms with Crippen LogP contribution in [0.15, 0.2) is 11.4 Å². The average molecular weight is 269 g/mol. The molecule has 0 amide bonds. The largest absolute Gasteiger partial charge is 0.495 e. The van der Waals surface area contributed by atoms with Gasteiger partial charge in [-0.05, 0) is 24.9 Å². The number of hydrogen-bond donors (Lipinski definition) is 1. The van der Waals surface area contributed by atoms with Gasteiger partial charge in [0, 0.05) is 0 Å². The molecular weight excluding hydrogens is 254 g/mol. The smallest absolute Gasteiger partial charge is 0.161 e. The molecule has 0 bridgehead atoms. The lowest BCUT2D eigenvalue weighted by molar-refractivity contribution is 0.418. The van der Waals surface area contributed by atoms with Crippen LogP contribution in [0.25, 0.3) is 9.88 Å². The van der Waals surface area contributed by atoms with E-state index in [2.05, 4.69) is 29.4 Å². The van der Waals surface area contributed by atoms with Gasteiger partial charge < -0.3 is 10.1 Å². The Kier molecular flexibility index (Phi) is 4.09. The molecule has 0 spiro atoms. The highest BCUT2D eigenvalue weighted by molar-refractivity contribution is 7.21. The van der Waals surface area contributed by atoms with Gasteiger partial charge in [0.15, 0.2) is 5.01 Å². The van der Waals surface area contributed by atoms with Crippen molar-refractivity contribution in [1.82, 2.24) is 15.5 Å². The Bertz CT molecular complexity index is 481. The van der Waals surface area contributed by atoms with Gasteiger partial charge in [0.1, 0.15) is 15.6 Å². The van der Waals surface area contributed by atoms with E-state index < -0.39 is 0 Å². The molecule has 0 radical (unpaired) electrons. The molecule has 6 heteroatoms. The molecule has 1 N–H and O–H groups in total. The van der Waals surface area contributed by atoms with E-state index >= 15 is 0 Å². The van der Waals surface area contributed by atoms with E-state index in [0.717, 1.165) is 27.2 Å². The third-order valence-corrected chi connectivity index (χ3v) is 4.52. The molecule has 2 aromatic rings. The van der Waals surface area contributed by atoms with Gasteiger partial charge in [-0.2, -0.15) is 0 Å². The summed E-state index contributed by atoms with van der Waals surface area (Å²) in [6.07, 6.45) is 0. The van der Waals surface area contributed by atoms with Gasteiger partial charge in [0.05, 0.1) is 13.2 Å². The minimum absolute atomic E-state index is 0.247. The second-order valence-electron chi connectivity index (χ2n) is 3.54. The van der Waals surface area contributed by atoms with Crippen LogP contribution in [0.4, 0.5) is 0 Å². The van der Waals surface area contributed by atoms with Crippen molar-refractivity contribution in [3.63, 3.8) is 0 Å². The van der Waals surface area contributed by atoms with Crippen molar-refractivity contribution in [3.05, 3.63) is 16.5 Å². The zero-order valence-electron chi connectivity index (χ0n) is 10.1. The maximum absolute atomic E-state index is 5.29. The van der Waals surface area contributed by atoms with Crippen LogP contribution < -0.4 is 10.1 Å². The molecule has 2 heterocycles. The number of rotatable bonds is 5. The van der Waals surface area contributed by atoms with Crippen molar-refractivity contribution >= 4 is 22.7 Å². The minimum Gasteiger partial charge on any atom is -0.495 e. The van der Waals surface area contributed by atoms with Crippen molar-refractivity contribution in [1.29, 1.82) is 0 Å². The van der Waals surface area contributed by atoms with Crippen LogP contribution >= 0.6 is 22.7 Å². The van der Waals surface area contributed by atoms with Crippen LogP contribution in [0.1, 0.15) is 24.9 Å². The van der Waals surface area contributed by atoms with E-state index in [0.29, 0.717) is 0 Å². The molecule has 92 valence electrons. The van der Waals surface area contributed by atoms with Crippen LogP contribution in [-0.2, 0) is 0 Å². The zero-order chi connectivity index (χ0) is 12.3. The highest BCUT2D eigenvalue weighted by Gasteiger charge is 2.15. The Morgan fingerprint density at radius 1 is 1.47 bits per heavy atom. The van der Waals surface area contributed by atoms with E-state index in [-0.39, 0.29) is 6.04 Å². The number of methoxy groups -OCH3 is 1. The summed E-state index contributed by atoms with van der Waals surface area (Å²) < 4.78 is 5.29. The van der Waals surface area contributed by atoms with Gasteiger partial charge in [0.2, 0.25) is 0 Å². The maximum atomic E-state index is 5.29. The molecule has 0 aliphatic rings. The summed E-state index contributed by atoms with van der Waals surface area (Å²) in [5.41, 5.74) is 0. The summed E-state index contributed by atoms with van der Waals surface area (Å²) in [6, 6.07) is 2.20. The van der Waals surface area contributed by atoms with Crippen molar-refractivity contribution < 1.29 is 4.74 Å². The fourth-order valence-electron chi connectivity index (χ4n) is 1.51. The quantitative estimate of drug-likeness (QED) is 0.906. The van der Waals surface area contributed by atoms with Gasteiger partial charge >= 0.3 is 0 Å². The average Bonchev–Trinajstić information content (AvgIpc) is 2.97. The predicted octanol–water partition coefficient (Wildman–Crippen LogP) is 2.95. The predicted molar refractivity (Wildman–Crippen MR) is 71.9 cm³/mol. The Balaban J connectivity index is 2.23. The summed E-state index contributed by atoms with van der Waals surface area (Å²) in [6.45, 7) is 5.11. The molecule has 4 nitrogen and oxygen atoms in total. The Morgan fingerprint density at radius 2 is 2.29 bits per heavy atom. The SMILES string of the molecule is CCNC(C)c1nnc(-c2sccc2OC)s1. The number of hydrogen-bond acceptors (Lipinski definition) is 6. The molecule has 2 aromatic heterocycles. The van der Waals surface area contributed by atoms with Gasteiger partial charge in [-0.1, -0.05) is 18.3 Å². The topological polar surface area (TPSA) is 47.0 Å². The number of nitrogens with zero attached hydrogens (tertiary/aromatic N) is 2. The summed E-state index contributed by atoms with van der Waals surface area (Å²) in [5, 5.41) is 15.7. The molecule has 0 saturated carbocycles. The molecule has 17 heavy (non-hydrogen) atoms. The van der Waals surface area contributed by atoms with Crippen LogP contribution in [0.2, 0.25) is 0 Å². The lowest BCUT2D eigenvalue weighted by Crippen LogP contribution is -2.17. The Morgan fingerprint density at radius 3 is 3.00 bits per heavy atom. The second kappa shape index (κ2) is 5.57. The van der Waals surface area contributed by atoms with Crippen LogP contribution in [0.5, 0.6) is 5.75 Å². The summed E-state index contributed by atoms with van der Waals surface area (Å²) >= 11 is 3.24. The molecule has 0 aliphatic carbocycles. The molecule has 1 unspecified atom stereocenters. The van der Waals surface area contributed by atoms with Gasteiger partial charge in [-0.25, -0.2) is 0 Å². The Labute approximate surface area is 109 Å². The van der Waals surface area contributed by atoms with Crippen molar-refractivity contribution in [2.45, 2.75) is 19.9 Å². The monoisotopic (exact) mass is 269 g/mol. The van der Waals surface area contributed by atoms with Gasteiger partial charge in [-0.3, -0.25) is 0 Å². The first-order valence-corrected chi connectivity index (χ1v) is 7.14. The number of nitrogens with one attached hydrogen (secondary N) is 1. The molecule has 2 rings (SSSR count). The van der Waals surface area contributed by atoms with E-state index in [9.17, 15) is 0 Å². The first-order chi connectivity index (χ1) is 8.26. The van der Waals surface area contributed by atoms with Gasteiger partial charge in [0.25, 0.3) is 0 Å². The van der Waals surface area contributed by atoms with E-state index in [1.807, 2.05) is 11.4 Å². The standard InChI is InChI=1S/C11H15N3OS2/c1-4-12-7(2)10-13-14-11(17-10)9-8(15-3)5-6-16-9/h5-7,12H,4H2,1-3H3. The third-order valence-electron chi connectivity index (χ3n) is 2.36. The summed E-state index contributed by atoms with van der Waals surface area (Å²) in [5.74, 6) is 0.869. The zero-order valence-corrected chi connectivity index (χ0v) is 11.7. The first-order valence-electron chi connectivity index (χ1n) is 5.45. The molecule has 0 aromatic carbocycles. The van der Waals surface area contributed by atoms with E-state index in [4.69, 9.17) is 4.74 Å². The number of ether oxygens (including phenoxy) is 1. The van der Waals surface area contributed by atoms with Gasteiger partial charge in [-0.15, -0.1) is 21.5 Å². The van der Waals surface area contributed by atoms with Crippen LogP contribution in [0.3, 0.4) is 0 Å². The first kappa shape index (κ1) is 12.5. The van der Waals surface area contributed by atoms with Crippen molar-refractivity contribution in [2.24, 2.45) is 0 Å². The highest BCUT2D eigenvalue weighted by Crippen LogP contribution is 2.37. The number of thiophene rings is 1. The summed E-state index contributed by atoms with van der Waals surface area (Å²) in [4.78, 5) is 1.06. The lowest BCUT2D eigenvalue weighted by atomic mass is 10.3. The Hall–Kier alpha value is -0.980. The third kappa shape index (κ3) is 2.65. The maximum Gasteiger partial charge on any atom is 0.161 e. The van der Waals surface area contributed by atoms with Crippen LogP contribution in [0, 0.1) is 0 Å². The van der Waals surface area contributed by atoms with Crippen molar-refractivity contribution in [2.75, 3.05) is 13.7 Å². The number of aromatic nitrogens is 2. The fraction of sp³-hybridized carbons (Fsp3) is 0.455. The molecule has 1 atom stereocenters.